The van der Waals surface area contributed by atoms with Gasteiger partial charge in [0.25, 0.3) is 0 Å². The summed E-state index contributed by atoms with van der Waals surface area (Å²) in [7, 11) is -1.64. The van der Waals surface area contributed by atoms with Crippen LogP contribution in [0, 0.1) is 0 Å². The van der Waals surface area contributed by atoms with Crippen molar-refractivity contribution >= 4 is 14.4 Å². The lowest BCUT2D eigenvalue weighted by Crippen LogP contribution is -2.41. The summed E-state index contributed by atoms with van der Waals surface area (Å²) in [6, 6.07) is 0. The van der Waals surface area contributed by atoms with Gasteiger partial charge in [0.05, 0.1) is 19.8 Å². The van der Waals surface area contributed by atoms with Crippen LogP contribution in [0.2, 0.25) is 18.1 Å². The van der Waals surface area contributed by atoms with E-state index in [2.05, 4.69) is 46.1 Å². The fourth-order valence-electron chi connectivity index (χ4n) is 1.75. The molecule has 26 heavy (non-hydrogen) atoms. The molecule has 0 rings (SSSR count). The molecule has 0 heterocycles. The van der Waals surface area contributed by atoms with Gasteiger partial charge in [0, 0.05) is 26.4 Å². The van der Waals surface area contributed by atoms with Crippen molar-refractivity contribution in [3.8, 4) is 0 Å². The van der Waals surface area contributed by atoms with E-state index in [1.807, 2.05) is 0 Å². The summed E-state index contributed by atoms with van der Waals surface area (Å²) in [5.41, 5.74) is 0. The first-order chi connectivity index (χ1) is 12.2. The summed E-state index contributed by atoms with van der Waals surface area (Å²) in [5.74, 6) is 0. The summed E-state index contributed by atoms with van der Waals surface area (Å²) in [6.45, 7) is 17.6. The molecule has 0 unspecified atom stereocenters. The molecular weight excluding hydrogens is 350 g/mol. The van der Waals surface area contributed by atoms with Crippen molar-refractivity contribution in [2.24, 2.45) is 0 Å². The molecule has 0 aliphatic carbocycles. The van der Waals surface area contributed by atoms with Gasteiger partial charge in [-0.15, -0.1) is 0 Å². The molecule has 0 aliphatic heterocycles. The van der Waals surface area contributed by atoms with E-state index < -0.39 is 8.32 Å². The van der Waals surface area contributed by atoms with Gasteiger partial charge in [-0.25, -0.2) is 4.79 Å². The summed E-state index contributed by atoms with van der Waals surface area (Å²) in [6.07, 6.45) is 3.26. The predicted octanol–water partition coefficient (Wildman–Crippen LogP) is 4.35. The maximum atomic E-state index is 11.3. The number of carbonyl (C=O) groups excluding carboxylic acids is 1. The Bertz CT molecular complexity index is 358. The fourth-order valence-corrected chi connectivity index (χ4v) is 2.84. The Hall–Kier alpha value is -0.633. The van der Waals surface area contributed by atoms with Crippen molar-refractivity contribution < 1.29 is 23.4 Å². The number of rotatable bonds is 15. The van der Waals surface area contributed by atoms with Gasteiger partial charge in [-0.3, -0.25) is 0 Å². The number of unbranched alkanes of at least 4 members (excludes halogenated alkanes) is 1. The second-order valence-corrected chi connectivity index (χ2v) is 12.8. The largest absolute Gasteiger partial charge is 0.450 e. The van der Waals surface area contributed by atoms with E-state index in [9.17, 15) is 4.79 Å². The number of alkyl carbamates (subject to hydrolysis) is 1. The van der Waals surface area contributed by atoms with Crippen LogP contribution < -0.4 is 5.32 Å². The van der Waals surface area contributed by atoms with Gasteiger partial charge in [-0.1, -0.05) is 34.1 Å². The molecule has 7 heteroatoms. The molecule has 0 aliphatic rings. The molecule has 0 spiro atoms. The highest BCUT2D eigenvalue weighted by Crippen LogP contribution is 2.36. The van der Waals surface area contributed by atoms with Crippen LogP contribution in [0.5, 0.6) is 0 Å². The van der Waals surface area contributed by atoms with Crippen LogP contribution in [0.25, 0.3) is 0 Å². The highest BCUT2D eigenvalue weighted by Gasteiger charge is 2.36. The lowest BCUT2D eigenvalue weighted by molar-refractivity contribution is 0.0422. The number of hydrogen-bond acceptors (Lipinski definition) is 5. The molecule has 1 N–H and O–H groups in total. The summed E-state index contributed by atoms with van der Waals surface area (Å²) >= 11 is 0. The quantitative estimate of drug-likeness (QED) is 0.332. The van der Waals surface area contributed by atoms with Gasteiger partial charge >= 0.3 is 6.09 Å². The normalized spacial score (nSPS) is 12.2. The number of nitrogens with one attached hydrogen (secondary N) is 1. The monoisotopic (exact) mass is 391 g/mol. The fraction of sp³-hybridized carbons (Fsp3) is 0.947. The Labute approximate surface area is 161 Å². The first-order valence-corrected chi connectivity index (χ1v) is 12.8. The SMILES string of the molecule is CCCCOC(=O)NCCCOCCOCCCO[Si](C)(C)C(C)(C)C. The van der Waals surface area contributed by atoms with Gasteiger partial charge in [0.2, 0.25) is 0 Å². The van der Waals surface area contributed by atoms with Crippen molar-refractivity contribution in [3.05, 3.63) is 0 Å². The molecule has 0 aromatic carbocycles. The molecule has 0 aromatic rings. The standard InChI is InChI=1S/C19H41NO5Si/c1-7-8-14-24-18(21)20-11-9-12-22-16-17-23-13-10-15-25-26(5,6)19(2,3)4/h7-17H2,1-6H3,(H,20,21). The number of amides is 1. The average molecular weight is 392 g/mol. The topological polar surface area (TPSA) is 66.0 Å². The van der Waals surface area contributed by atoms with Gasteiger partial charge in [-0.2, -0.15) is 0 Å². The Kier molecular flexibility index (Phi) is 14.1. The van der Waals surface area contributed by atoms with E-state index in [1.165, 1.54) is 0 Å². The number of ether oxygens (including phenoxy) is 3. The molecule has 0 bridgehead atoms. The first kappa shape index (κ1) is 25.4. The minimum Gasteiger partial charge on any atom is -0.450 e. The van der Waals surface area contributed by atoms with Crippen LogP contribution >= 0.6 is 0 Å². The molecule has 0 radical (unpaired) electrons. The minimum atomic E-state index is -1.64. The highest BCUT2D eigenvalue weighted by atomic mass is 28.4. The van der Waals surface area contributed by atoms with Crippen LogP contribution in [0.1, 0.15) is 53.4 Å². The van der Waals surface area contributed by atoms with Crippen molar-refractivity contribution in [1.29, 1.82) is 0 Å². The van der Waals surface area contributed by atoms with E-state index in [1.54, 1.807) is 0 Å². The Morgan fingerprint density at radius 2 is 1.50 bits per heavy atom. The molecule has 0 saturated heterocycles. The van der Waals surface area contributed by atoms with Gasteiger partial charge < -0.3 is 24.0 Å². The van der Waals surface area contributed by atoms with Crippen LogP contribution in [-0.4, -0.2) is 60.6 Å². The molecule has 0 aromatic heterocycles. The highest BCUT2D eigenvalue weighted by molar-refractivity contribution is 6.74. The molecule has 0 atom stereocenters. The Morgan fingerprint density at radius 3 is 2.08 bits per heavy atom. The zero-order valence-corrected chi connectivity index (χ0v) is 18.8. The summed E-state index contributed by atoms with van der Waals surface area (Å²) in [4.78, 5) is 11.3. The van der Waals surface area contributed by atoms with Crippen LogP contribution in [0.15, 0.2) is 0 Å². The molecule has 0 saturated carbocycles. The van der Waals surface area contributed by atoms with Crippen LogP contribution in [0.3, 0.4) is 0 Å². The third kappa shape index (κ3) is 13.6. The van der Waals surface area contributed by atoms with E-state index in [4.69, 9.17) is 18.6 Å². The maximum Gasteiger partial charge on any atom is 0.407 e. The number of carbonyl (C=O) groups is 1. The summed E-state index contributed by atoms with van der Waals surface area (Å²) < 4.78 is 22.1. The van der Waals surface area contributed by atoms with Gasteiger partial charge in [0.1, 0.15) is 0 Å². The zero-order chi connectivity index (χ0) is 19.9. The molecule has 1 amide bonds. The van der Waals surface area contributed by atoms with E-state index >= 15 is 0 Å². The van der Waals surface area contributed by atoms with Crippen LogP contribution in [-0.2, 0) is 18.6 Å². The lowest BCUT2D eigenvalue weighted by atomic mass is 10.2. The van der Waals surface area contributed by atoms with Gasteiger partial charge in [0.15, 0.2) is 8.32 Å². The summed E-state index contributed by atoms with van der Waals surface area (Å²) in [5, 5.41) is 2.96. The van der Waals surface area contributed by atoms with Gasteiger partial charge in [-0.05, 0) is 37.4 Å². The lowest BCUT2D eigenvalue weighted by Gasteiger charge is -2.36. The Balaban J connectivity index is 3.33. The Morgan fingerprint density at radius 1 is 0.885 bits per heavy atom. The van der Waals surface area contributed by atoms with Crippen LogP contribution in [0.4, 0.5) is 4.79 Å². The third-order valence-electron chi connectivity index (χ3n) is 4.54. The third-order valence-corrected chi connectivity index (χ3v) is 9.08. The second kappa shape index (κ2) is 14.4. The zero-order valence-electron chi connectivity index (χ0n) is 17.8. The predicted molar refractivity (Wildman–Crippen MR) is 108 cm³/mol. The van der Waals surface area contributed by atoms with Crippen molar-refractivity contribution in [2.45, 2.75) is 71.5 Å². The second-order valence-electron chi connectivity index (χ2n) is 7.96. The van der Waals surface area contributed by atoms with E-state index in [-0.39, 0.29) is 11.1 Å². The molecule has 6 nitrogen and oxygen atoms in total. The minimum absolute atomic E-state index is 0.253. The average Bonchev–Trinajstić information content (AvgIpc) is 2.55. The molecule has 156 valence electrons. The maximum absolute atomic E-state index is 11.3. The number of hydrogen-bond donors (Lipinski definition) is 1. The van der Waals surface area contributed by atoms with Crippen molar-refractivity contribution in [2.75, 3.05) is 46.2 Å². The molecule has 0 fully saturated rings. The molecular formula is C19H41NO5Si. The van der Waals surface area contributed by atoms with E-state index in [0.717, 1.165) is 32.3 Å². The van der Waals surface area contributed by atoms with Crippen molar-refractivity contribution in [1.82, 2.24) is 5.32 Å². The smallest absolute Gasteiger partial charge is 0.407 e. The van der Waals surface area contributed by atoms with Crippen molar-refractivity contribution in [3.63, 3.8) is 0 Å². The first-order valence-electron chi connectivity index (χ1n) is 9.91. The van der Waals surface area contributed by atoms with E-state index in [0.29, 0.717) is 39.6 Å².